The molecular formula is C45H21Cl3F18N3O7P. The molecule has 6 aromatic carbocycles. The normalized spacial score (nSPS) is 12.7. The lowest BCUT2D eigenvalue weighted by molar-refractivity contribution is -0.144. The molecule has 32 heteroatoms. The van der Waals surface area contributed by atoms with E-state index in [0.717, 1.165) is 18.2 Å². The Morgan fingerprint density at radius 2 is 0.532 bits per heavy atom. The van der Waals surface area contributed by atoms with E-state index >= 15 is 4.57 Å². The second kappa shape index (κ2) is 21.4. The number of carbonyl (C=O) groups excluding carboxylic acids is 3. The van der Waals surface area contributed by atoms with Crippen LogP contribution >= 0.6 is 42.6 Å². The smallest absolute Gasteiger partial charge is 0.385 e. The van der Waals surface area contributed by atoms with Crippen molar-refractivity contribution in [1.29, 1.82) is 0 Å². The Labute approximate surface area is 432 Å². The monoisotopic (exact) mass is 1190 g/mol. The third kappa shape index (κ3) is 15.1. The fourth-order valence-corrected chi connectivity index (χ4v) is 8.20. The van der Waals surface area contributed by atoms with Crippen LogP contribution < -0.4 is 29.5 Å². The number of hydrogen-bond acceptors (Lipinski definition) is 7. The first-order valence-electron chi connectivity index (χ1n) is 20.1. The minimum atomic E-state index is -6.12. The summed E-state index contributed by atoms with van der Waals surface area (Å²) in [4.78, 5) is 41.3. The number of rotatable bonds is 12. The van der Waals surface area contributed by atoms with Gasteiger partial charge in [-0.25, -0.2) is 0 Å². The summed E-state index contributed by atoms with van der Waals surface area (Å²) in [6.07, 6.45) is -32.7. The number of benzene rings is 6. The summed E-state index contributed by atoms with van der Waals surface area (Å²) in [6.45, 7) is 0. The van der Waals surface area contributed by atoms with E-state index in [2.05, 4.69) is 0 Å². The molecule has 0 radical (unpaired) electrons. The average Bonchev–Trinajstić information content (AvgIpc) is 3.28. The van der Waals surface area contributed by atoms with E-state index in [1.165, 1.54) is 0 Å². The third-order valence-corrected chi connectivity index (χ3v) is 11.7. The molecule has 0 fully saturated rings. The second-order valence-corrected chi connectivity index (χ2v) is 18.1. The molecule has 0 aliphatic carbocycles. The molecule has 0 atom stereocenters. The summed E-state index contributed by atoms with van der Waals surface area (Å²) < 4.78 is 278. The standard InChI is InChI=1S/C45H21Cl3F18N3O7P/c46-25-1-4-34(31(16-25)37(70)67-28-10-19(40(49,50)51)7-20(11-28)41(52,53)54)74-77(73,75-35-5-2-26(47)17-32(35)38(71)68-29-12-21(42(55,56)57)8-22(13-29)43(58,59)60)76-36-6-3-27(48)18-33(36)39(72)69-30-14-23(44(61,62)63)9-24(15-30)45(64,65)66/h1-18H,(H,67,70)(H,68,71)(H,69,72). The highest BCUT2D eigenvalue weighted by Crippen LogP contribution is 2.53. The molecule has 0 saturated heterocycles. The summed E-state index contributed by atoms with van der Waals surface area (Å²) in [6, 6.07) is 5.65. The SMILES string of the molecule is O=C(Nc1cc(C(F)(F)F)cc(C(F)(F)F)c1)c1cc(Cl)ccc1OP(=O)(Oc1ccc(Cl)cc1C(=O)Nc1cc(C(F)(F)F)cc(C(F)(F)F)c1)Oc1ccc(Cl)cc1C(=O)Nc1cc(C(F)(F)F)cc(C(F)(F)F)c1. The molecule has 6 aromatic rings. The van der Waals surface area contributed by atoms with E-state index in [9.17, 15) is 93.4 Å². The van der Waals surface area contributed by atoms with Crippen molar-refractivity contribution in [1.82, 2.24) is 0 Å². The Bertz CT molecular complexity index is 2900. The minimum Gasteiger partial charge on any atom is -0.385 e. The molecule has 6 rings (SSSR count). The number of nitrogens with one attached hydrogen (secondary N) is 3. The van der Waals surface area contributed by atoms with Crippen LogP contribution in [0.5, 0.6) is 17.2 Å². The predicted molar refractivity (Wildman–Crippen MR) is 237 cm³/mol. The molecule has 77 heavy (non-hydrogen) atoms. The largest absolute Gasteiger partial charge is 0.647 e. The van der Waals surface area contributed by atoms with Crippen LogP contribution in [0.4, 0.5) is 96.1 Å². The van der Waals surface area contributed by atoms with Gasteiger partial charge in [-0.05, 0) is 109 Å². The van der Waals surface area contributed by atoms with Gasteiger partial charge in [0.05, 0.1) is 50.1 Å². The topological polar surface area (TPSA) is 132 Å². The lowest BCUT2D eigenvalue weighted by Crippen LogP contribution is -2.19. The Morgan fingerprint density at radius 3 is 0.714 bits per heavy atom. The molecule has 410 valence electrons. The van der Waals surface area contributed by atoms with Crippen LogP contribution in [0, 0.1) is 0 Å². The van der Waals surface area contributed by atoms with Gasteiger partial charge in [-0.1, -0.05) is 34.8 Å². The molecule has 0 aromatic heterocycles. The maximum absolute atomic E-state index is 15.2. The zero-order valence-electron chi connectivity index (χ0n) is 36.6. The number of phosphoric acid groups is 1. The van der Waals surface area contributed by atoms with Crippen LogP contribution in [0.1, 0.15) is 64.5 Å². The van der Waals surface area contributed by atoms with E-state index in [0.29, 0.717) is 36.4 Å². The fraction of sp³-hybridized carbons (Fsp3) is 0.133. The van der Waals surface area contributed by atoms with E-state index in [1.54, 1.807) is 16.0 Å². The van der Waals surface area contributed by atoms with Gasteiger partial charge in [0.25, 0.3) is 17.7 Å². The number of anilines is 3. The van der Waals surface area contributed by atoms with Crippen molar-refractivity contribution in [2.24, 2.45) is 0 Å². The van der Waals surface area contributed by atoms with Gasteiger partial charge in [-0.15, -0.1) is 0 Å². The van der Waals surface area contributed by atoms with Crippen LogP contribution in [0.25, 0.3) is 0 Å². The van der Waals surface area contributed by atoms with Gasteiger partial charge in [0, 0.05) is 32.1 Å². The molecule has 3 amide bonds. The lowest BCUT2D eigenvalue weighted by atomic mass is 10.1. The number of amides is 3. The average molecular weight is 1190 g/mol. The highest BCUT2D eigenvalue weighted by Gasteiger charge is 2.42. The van der Waals surface area contributed by atoms with Crippen molar-refractivity contribution in [2.45, 2.75) is 37.1 Å². The van der Waals surface area contributed by atoms with Crippen molar-refractivity contribution in [3.05, 3.63) is 174 Å². The molecule has 10 nitrogen and oxygen atoms in total. The van der Waals surface area contributed by atoms with Crippen molar-refractivity contribution >= 4 is 77.4 Å². The highest BCUT2D eigenvalue weighted by atomic mass is 35.5. The van der Waals surface area contributed by atoms with E-state index in [4.69, 9.17) is 48.4 Å². The van der Waals surface area contributed by atoms with Gasteiger partial charge in [0.15, 0.2) is 0 Å². The summed E-state index contributed by atoms with van der Waals surface area (Å²) in [5, 5.41) is 3.77. The quantitative estimate of drug-likeness (QED) is 0.0821. The first-order valence-corrected chi connectivity index (χ1v) is 22.7. The molecule has 0 spiro atoms. The Balaban J connectivity index is 1.49. The lowest BCUT2D eigenvalue weighted by Gasteiger charge is -2.23. The zero-order valence-corrected chi connectivity index (χ0v) is 39.8. The van der Waals surface area contributed by atoms with Crippen LogP contribution in [0.3, 0.4) is 0 Å². The maximum atomic E-state index is 15.2. The second-order valence-electron chi connectivity index (χ2n) is 15.4. The molecule has 0 heterocycles. The first-order chi connectivity index (χ1) is 35.2. The van der Waals surface area contributed by atoms with Crippen molar-refractivity contribution in [3.63, 3.8) is 0 Å². The van der Waals surface area contributed by atoms with E-state index < -0.39 is 162 Å². The maximum Gasteiger partial charge on any atom is 0.647 e. The van der Waals surface area contributed by atoms with Gasteiger partial charge in [-0.2, -0.15) is 83.6 Å². The van der Waals surface area contributed by atoms with Crippen LogP contribution in [0.15, 0.2) is 109 Å². The summed E-state index contributed by atoms with van der Waals surface area (Å²) in [5.74, 6) is -8.53. The number of phosphoric ester groups is 1. The Morgan fingerprint density at radius 1 is 0.338 bits per heavy atom. The summed E-state index contributed by atoms with van der Waals surface area (Å²) in [5.41, 5.74) is -18.3. The van der Waals surface area contributed by atoms with Crippen LogP contribution in [-0.2, 0) is 41.6 Å². The molecule has 3 N–H and O–H groups in total. The third-order valence-electron chi connectivity index (χ3n) is 9.73. The first kappa shape index (κ1) is 59.2. The fourth-order valence-electron chi connectivity index (χ4n) is 6.37. The predicted octanol–water partition coefficient (Wildman–Crippen LogP) is 17.2. The van der Waals surface area contributed by atoms with E-state index in [-0.39, 0.29) is 54.6 Å². The van der Waals surface area contributed by atoms with Crippen LogP contribution in [-0.4, -0.2) is 17.7 Å². The summed E-state index contributed by atoms with van der Waals surface area (Å²) >= 11 is 18.1. The van der Waals surface area contributed by atoms with Gasteiger partial charge in [-0.3, -0.25) is 14.4 Å². The van der Waals surface area contributed by atoms with Gasteiger partial charge in [0.2, 0.25) is 0 Å². The van der Waals surface area contributed by atoms with Crippen LogP contribution in [0.2, 0.25) is 15.1 Å². The van der Waals surface area contributed by atoms with Gasteiger partial charge in [0.1, 0.15) is 17.2 Å². The molecule has 0 saturated carbocycles. The zero-order chi connectivity index (χ0) is 57.6. The van der Waals surface area contributed by atoms with Gasteiger partial charge < -0.3 is 29.5 Å². The minimum absolute atomic E-state index is 0.0577. The van der Waals surface area contributed by atoms with Gasteiger partial charge >= 0.3 is 44.9 Å². The molecule has 0 aliphatic heterocycles. The summed E-state index contributed by atoms with van der Waals surface area (Å²) in [7, 11) is -6.12. The van der Waals surface area contributed by atoms with Crippen molar-refractivity contribution in [2.75, 3.05) is 16.0 Å². The highest BCUT2D eigenvalue weighted by molar-refractivity contribution is 7.49. The van der Waals surface area contributed by atoms with Crippen molar-refractivity contribution in [3.8, 4) is 17.2 Å². The Kier molecular flexibility index (Phi) is 16.5. The van der Waals surface area contributed by atoms with Crippen molar-refractivity contribution < 1.29 is 112 Å². The Hall–Kier alpha value is -7.03. The molecule has 0 bridgehead atoms. The number of alkyl halides is 18. The molecule has 0 aliphatic rings. The molecular weight excluding hydrogens is 1170 g/mol. The number of halogens is 21. The molecule has 0 unspecified atom stereocenters. The number of carbonyl (C=O) groups is 3. The van der Waals surface area contributed by atoms with E-state index in [1.807, 2.05) is 0 Å². The number of hydrogen-bond donors (Lipinski definition) is 3.